The summed E-state index contributed by atoms with van der Waals surface area (Å²) in [7, 11) is 0. The maximum Gasteiger partial charge on any atom is 0.209 e. The highest BCUT2D eigenvalue weighted by Crippen LogP contribution is 2.49. The maximum absolute atomic E-state index is 13.9. The Bertz CT molecular complexity index is 886. The van der Waals surface area contributed by atoms with Gasteiger partial charge >= 0.3 is 0 Å². The van der Waals surface area contributed by atoms with Gasteiger partial charge in [-0.25, -0.2) is 4.39 Å². The minimum absolute atomic E-state index is 0.00574. The van der Waals surface area contributed by atoms with Crippen LogP contribution in [0.1, 0.15) is 48.3 Å². The fourth-order valence-electron chi connectivity index (χ4n) is 6.40. The number of aryl methyl sites for hydroxylation is 1. The molecule has 2 saturated heterocycles. The molecule has 5 rings (SSSR count). The second kappa shape index (κ2) is 7.56. The van der Waals surface area contributed by atoms with Crippen LogP contribution in [0.2, 0.25) is 0 Å². The van der Waals surface area contributed by atoms with E-state index in [0.717, 1.165) is 63.7 Å². The first-order valence-corrected chi connectivity index (χ1v) is 11.0. The fraction of sp³-hybridized carbons (Fsp3) is 0.480. The van der Waals surface area contributed by atoms with Gasteiger partial charge in [0.1, 0.15) is 5.82 Å². The van der Waals surface area contributed by atoms with Gasteiger partial charge in [-0.2, -0.15) is 0 Å². The van der Waals surface area contributed by atoms with E-state index in [9.17, 15) is 9.18 Å². The predicted molar refractivity (Wildman–Crippen MR) is 112 cm³/mol. The lowest BCUT2D eigenvalue weighted by atomic mass is 9.61. The Hall–Kier alpha value is -2.20. The highest BCUT2D eigenvalue weighted by molar-refractivity contribution is 5.49. The van der Waals surface area contributed by atoms with Crippen LogP contribution in [0.4, 0.5) is 4.39 Å². The molecule has 0 aromatic heterocycles. The summed E-state index contributed by atoms with van der Waals surface area (Å²) in [6, 6.07) is 16.3. The number of benzene rings is 2. The van der Waals surface area contributed by atoms with E-state index in [1.807, 2.05) is 6.07 Å². The quantitative estimate of drug-likeness (QED) is 0.800. The van der Waals surface area contributed by atoms with Gasteiger partial charge in [-0.1, -0.05) is 36.4 Å². The number of hydrogen-bond acceptors (Lipinski definition) is 2. The van der Waals surface area contributed by atoms with E-state index in [2.05, 4.69) is 40.5 Å². The molecule has 3 nitrogen and oxygen atoms in total. The number of likely N-dealkylation sites (tertiary alicyclic amines) is 1. The highest BCUT2D eigenvalue weighted by Gasteiger charge is 2.51. The first kappa shape index (κ1) is 18.8. The molecule has 1 aliphatic carbocycles. The second-order valence-corrected chi connectivity index (χ2v) is 9.09. The van der Waals surface area contributed by atoms with Crippen molar-refractivity contribution in [2.75, 3.05) is 19.6 Å². The monoisotopic (exact) mass is 392 g/mol. The molecule has 0 radical (unpaired) electrons. The van der Waals surface area contributed by atoms with Crippen LogP contribution in [-0.4, -0.2) is 37.0 Å². The summed E-state index contributed by atoms with van der Waals surface area (Å²) in [5.74, 6) is 0.717. The normalized spacial score (nSPS) is 31.6. The molecule has 2 aliphatic heterocycles. The van der Waals surface area contributed by atoms with Crippen LogP contribution < -0.4 is 5.32 Å². The van der Waals surface area contributed by atoms with Gasteiger partial charge in [0.05, 0.1) is 0 Å². The molecule has 2 aromatic rings. The van der Waals surface area contributed by atoms with Crippen molar-refractivity contribution in [2.45, 2.75) is 49.5 Å². The molecule has 3 aliphatic rings. The lowest BCUT2D eigenvalue weighted by Gasteiger charge is -2.48. The molecule has 2 unspecified atom stereocenters. The molecule has 1 N–H and O–H groups in total. The molecule has 1 spiro atoms. The maximum atomic E-state index is 13.9. The molecule has 152 valence electrons. The Kier molecular flexibility index (Phi) is 4.91. The lowest BCUT2D eigenvalue weighted by molar-refractivity contribution is -0.123. The number of nitrogens with zero attached hydrogens (tertiary/aromatic N) is 1. The zero-order valence-corrected chi connectivity index (χ0v) is 16.8. The number of amides is 1. The summed E-state index contributed by atoms with van der Waals surface area (Å²) < 4.78 is 13.9. The molecular weight excluding hydrogens is 363 g/mol. The Balaban J connectivity index is 1.51. The standard InChI is InChI=1S/C25H29FN2O/c26-21-8-9-22-20(13-21)7-4-11-25(22)16-27-15-23(25)24-14-19(10-12-28(24)17-29)18-5-2-1-3-6-18/h1-3,5-6,8-9,13,17,19,23-24,27H,4,7,10-12,14-16H2/t19?,23-,24?,25-/m0/s1. The topological polar surface area (TPSA) is 32.3 Å². The first-order valence-electron chi connectivity index (χ1n) is 11.0. The summed E-state index contributed by atoms with van der Waals surface area (Å²) in [6.45, 7) is 2.67. The molecule has 0 saturated carbocycles. The van der Waals surface area contributed by atoms with E-state index in [1.165, 1.54) is 11.1 Å². The average molecular weight is 393 g/mol. The Morgan fingerprint density at radius 3 is 2.86 bits per heavy atom. The van der Waals surface area contributed by atoms with E-state index in [0.29, 0.717) is 11.8 Å². The van der Waals surface area contributed by atoms with Gasteiger partial charge in [-0.15, -0.1) is 0 Å². The van der Waals surface area contributed by atoms with Gasteiger partial charge in [0.15, 0.2) is 0 Å². The minimum atomic E-state index is -0.139. The van der Waals surface area contributed by atoms with Crippen molar-refractivity contribution in [1.29, 1.82) is 0 Å². The summed E-state index contributed by atoms with van der Waals surface area (Å²) in [5, 5.41) is 3.65. The van der Waals surface area contributed by atoms with Crippen LogP contribution in [-0.2, 0) is 16.6 Å². The Labute approximate surface area is 172 Å². The molecular formula is C25H29FN2O. The SMILES string of the molecule is O=CN1CCC(c2ccccc2)CC1[C@@H]1CNC[C@]12CCCc1cc(F)ccc12. The lowest BCUT2D eigenvalue weighted by Crippen LogP contribution is -2.52. The minimum Gasteiger partial charge on any atom is -0.342 e. The summed E-state index contributed by atoms with van der Waals surface area (Å²) >= 11 is 0. The van der Waals surface area contributed by atoms with E-state index >= 15 is 0 Å². The van der Waals surface area contributed by atoms with Gasteiger partial charge in [0, 0.05) is 37.0 Å². The second-order valence-electron chi connectivity index (χ2n) is 9.09. The molecule has 29 heavy (non-hydrogen) atoms. The van der Waals surface area contributed by atoms with E-state index in [4.69, 9.17) is 0 Å². The van der Waals surface area contributed by atoms with Crippen LogP contribution in [0, 0.1) is 11.7 Å². The number of fused-ring (bicyclic) bond motifs is 2. The number of rotatable bonds is 3. The molecule has 4 atom stereocenters. The largest absolute Gasteiger partial charge is 0.342 e. The van der Waals surface area contributed by atoms with Crippen LogP contribution in [0.3, 0.4) is 0 Å². The van der Waals surface area contributed by atoms with Gasteiger partial charge < -0.3 is 10.2 Å². The average Bonchev–Trinajstić information content (AvgIpc) is 3.17. The molecule has 2 fully saturated rings. The van der Waals surface area contributed by atoms with Crippen molar-refractivity contribution >= 4 is 6.41 Å². The summed E-state index contributed by atoms with van der Waals surface area (Å²) in [4.78, 5) is 14.0. The summed E-state index contributed by atoms with van der Waals surface area (Å²) in [5.41, 5.74) is 3.87. The Morgan fingerprint density at radius 1 is 1.17 bits per heavy atom. The number of piperidine rings is 1. The molecule has 1 amide bonds. The van der Waals surface area contributed by atoms with Crippen LogP contribution in [0.15, 0.2) is 48.5 Å². The number of nitrogens with one attached hydrogen (secondary N) is 1. The zero-order chi connectivity index (χ0) is 19.8. The predicted octanol–water partition coefficient (Wildman–Crippen LogP) is 4.02. The molecule has 2 heterocycles. The van der Waals surface area contributed by atoms with Crippen LogP contribution >= 0.6 is 0 Å². The number of carbonyl (C=O) groups excluding carboxylic acids is 1. The van der Waals surface area contributed by atoms with Crippen molar-refractivity contribution in [3.8, 4) is 0 Å². The first-order chi connectivity index (χ1) is 14.2. The third-order valence-electron chi connectivity index (χ3n) is 7.75. The van der Waals surface area contributed by atoms with Gasteiger partial charge in [0.25, 0.3) is 0 Å². The van der Waals surface area contributed by atoms with Crippen LogP contribution in [0.25, 0.3) is 0 Å². The highest BCUT2D eigenvalue weighted by atomic mass is 19.1. The van der Waals surface area contributed by atoms with E-state index in [-0.39, 0.29) is 17.3 Å². The van der Waals surface area contributed by atoms with Crippen molar-refractivity contribution in [2.24, 2.45) is 5.92 Å². The number of halogens is 1. The molecule has 2 aromatic carbocycles. The fourth-order valence-corrected chi connectivity index (χ4v) is 6.40. The molecule has 0 bridgehead atoms. The third-order valence-corrected chi connectivity index (χ3v) is 7.75. The van der Waals surface area contributed by atoms with Crippen molar-refractivity contribution in [3.63, 3.8) is 0 Å². The zero-order valence-electron chi connectivity index (χ0n) is 16.8. The van der Waals surface area contributed by atoms with Crippen LogP contribution in [0.5, 0.6) is 0 Å². The van der Waals surface area contributed by atoms with Crippen molar-refractivity contribution < 1.29 is 9.18 Å². The van der Waals surface area contributed by atoms with Gasteiger partial charge in [0.2, 0.25) is 6.41 Å². The molecule has 4 heteroatoms. The Morgan fingerprint density at radius 2 is 2.03 bits per heavy atom. The summed E-state index contributed by atoms with van der Waals surface area (Å²) in [6.07, 6.45) is 6.25. The van der Waals surface area contributed by atoms with Gasteiger partial charge in [-0.3, -0.25) is 4.79 Å². The van der Waals surface area contributed by atoms with E-state index < -0.39 is 0 Å². The van der Waals surface area contributed by atoms with Crippen molar-refractivity contribution in [1.82, 2.24) is 10.2 Å². The van der Waals surface area contributed by atoms with E-state index in [1.54, 1.807) is 12.1 Å². The number of carbonyl (C=O) groups is 1. The van der Waals surface area contributed by atoms with Gasteiger partial charge in [-0.05, 0) is 66.8 Å². The third kappa shape index (κ3) is 3.18. The smallest absolute Gasteiger partial charge is 0.209 e. The van der Waals surface area contributed by atoms with Crippen molar-refractivity contribution in [3.05, 3.63) is 71.0 Å². The number of hydrogen-bond donors (Lipinski definition) is 1.